The van der Waals surface area contributed by atoms with Gasteiger partial charge in [0.2, 0.25) is 0 Å². The Bertz CT molecular complexity index is 160. The Balaban J connectivity index is 3.01. The summed E-state index contributed by atoms with van der Waals surface area (Å²) in [4.78, 5) is 10.9. The molecule has 0 aromatic carbocycles. The van der Waals surface area contributed by atoms with Crippen molar-refractivity contribution in [3.63, 3.8) is 0 Å². The van der Waals surface area contributed by atoms with Gasteiger partial charge in [0, 0.05) is 20.1 Å². The second kappa shape index (κ2) is 12.4. The van der Waals surface area contributed by atoms with Gasteiger partial charge in [-0.3, -0.25) is 4.79 Å². The summed E-state index contributed by atoms with van der Waals surface area (Å²) in [7, 11) is 1.63. The van der Waals surface area contributed by atoms with Crippen molar-refractivity contribution >= 4 is 5.97 Å². The molecule has 0 heterocycles. The summed E-state index contributed by atoms with van der Waals surface area (Å²) in [6, 6.07) is 0. The maximum Gasteiger partial charge on any atom is 0.305 e. The maximum absolute atomic E-state index is 10.9. The normalized spacial score (nSPS) is 10.4. The second-order valence-corrected chi connectivity index (χ2v) is 3.13. The molecule has 5 heteroatoms. The van der Waals surface area contributed by atoms with E-state index >= 15 is 0 Å². The minimum absolute atomic E-state index is 0.164. The third-order valence-electron chi connectivity index (χ3n) is 1.78. The standard InChI is InChI=1S/C11H22O5/c1-3-16-11(12)5-4-6-14-9-10-15-8-7-13-2/h3-10H2,1-2H3. The molecule has 0 spiro atoms. The largest absolute Gasteiger partial charge is 0.466 e. The Kier molecular flexibility index (Phi) is 11.9. The van der Waals surface area contributed by atoms with Gasteiger partial charge in [-0.25, -0.2) is 0 Å². The Morgan fingerprint density at radius 2 is 1.62 bits per heavy atom. The van der Waals surface area contributed by atoms with Gasteiger partial charge in [0.15, 0.2) is 0 Å². The van der Waals surface area contributed by atoms with Gasteiger partial charge < -0.3 is 18.9 Å². The summed E-state index contributed by atoms with van der Waals surface area (Å²) in [5.74, 6) is -0.164. The first-order chi connectivity index (χ1) is 7.81. The molecule has 0 aromatic heterocycles. The van der Waals surface area contributed by atoms with Crippen LogP contribution in [0.5, 0.6) is 0 Å². The quantitative estimate of drug-likeness (QED) is 0.394. The van der Waals surface area contributed by atoms with Crippen molar-refractivity contribution in [2.24, 2.45) is 0 Å². The fourth-order valence-corrected chi connectivity index (χ4v) is 1.02. The van der Waals surface area contributed by atoms with E-state index in [9.17, 15) is 4.79 Å². The van der Waals surface area contributed by atoms with E-state index in [0.29, 0.717) is 52.5 Å². The highest BCUT2D eigenvalue weighted by Gasteiger charge is 2.00. The lowest BCUT2D eigenvalue weighted by Crippen LogP contribution is -2.10. The van der Waals surface area contributed by atoms with Crippen LogP contribution in [0.15, 0.2) is 0 Å². The summed E-state index contributed by atoms with van der Waals surface area (Å²) in [5.41, 5.74) is 0. The average molecular weight is 234 g/mol. The van der Waals surface area contributed by atoms with Gasteiger partial charge in [-0.1, -0.05) is 0 Å². The zero-order chi connectivity index (χ0) is 12.1. The van der Waals surface area contributed by atoms with E-state index < -0.39 is 0 Å². The predicted octanol–water partition coefficient (Wildman–Crippen LogP) is 1.01. The van der Waals surface area contributed by atoms with Crippen molar-refractivity contribution < 1.29 is 23.7 Å². The minimum Gasteiger partial charge on any atom is -0.466 e. The average Bonchev–Trinajstić information content (AvgIpc) is 2.27. The monoisotopic (exact) mass is 234 g/mol. The number of hydrogen-bond acceptors (Lipinski definition) is 5. The number of carbonyl (C=O) groups excluding carboxylic acids is 1. The molecular formula is C11H22O5. The molecule has 0 bridgehead atoms. The lowest BCUT2D eigenvalue weighted by molar-refractivity contribution is -0.143. The summed E-state index contributed by atoms with van der Waals surface area (Å²) < 4.78 is 20.1. The van der Waals surface area contributed by atoms with E-state index in [1.165, 1.54) is 0 Å². The predicted molar refractivity (Wildman–Crippen MR) is 59.4 cm³/mol. The maximum atomic E-state index is 10.9. The van der Waals surface area contributed by atoms with Crippen LogP contribution in [0.3, 0.4) is 0 Å². The highest BCUT2D eigenvalue weighted by atomic mass is 16.5. The van der Waals surface area contributed by atoms with Crippen LogP contribution >= 0.6 is 0 Å². The van der Waals surface area contributed by atoms with Crippen LogP contribution in [0, 0.1) is 0 Å². The molecule has 0 radical (unpaired) electrons. The van der Waals surface area contributed by atoms with Gasteiger partial charge in [-0.2, -0.15) is 0 Å². The van der Waals surface area contributed by atoms with Crippen molar-refractivity contribution in [3.8, 4) is 0 Å². The summed E-state index contributed by atoms with van der Waals surface area (Å²) >= 11 is 0. The van der Waals surface area contributed by atoms with E-state index in [0.717, 1.165) is 0 Å². The first-order valence-electron chi connectivity index (χ1n) is 5.61. The number of rotatable bonds is 11. The van der Waals surface area contributed by atoms with Crippen LogP contribution in [0.4, 0.5) is 0 Å². The lowest BCUT2D eigenvalue weighted by Gasteiger charge is -2.05. The topological polar surface area (TPSA) is 54.0 Å². The Hall–Kier alpha value is -0.650. The molecule has 0 aliphatic rings. The molecule has 5 nitrogen and oxygen atoms in total. The zero-order valence-corrected chi connectivity index (χ0v) is 10.2. The SMILES string of the molecule is CCOC(=O)CCCOCCOCCOC. The molecule has 0 aliphatic heterocycles. The molecule has 0 N–H and O–H groups in total. The smallest absolute Gasteiger partial charge is 0.305 e. The number of carbonyl (C=O) groups is 1. The van der Waals surface area contributed by atoms with E-state index in [4.69, 9.17) is 18.9 Å². The molecule has 16 heavy (non-hydrogen) atoms. The molecule has 0 aromatic rings. The van der Waals surface area contributed by atoms with E-state index in [1.807, 2.05) is 0 Å². The zero-order valence-electron chi connectivity index (χ0n) is 10.2. The summed E-state index contributed by atoms with van der Waals surface area (Å²) in [6.45, 7) is 5.09. The summed E-state index contributed by atoms with van der Waals surface area (Å²) in [6.07, 6.45) is 1.11. The van der Waals surface area contributed by atoms with Crippen molar-refractivity contribution in [3.05, 3.63) is 0 Å². The minimum atomic E-state index is -0.164. The number of methoxy groups -OCH3 is 1. The van der Waals surface area contributed by atoms with Gasteiger partial charge >= 0.3 is 5.97 Å². The molecule has 0 rings (SSSR count). The highest BCUT2D eigenvalue weighted by Crippen LogP contribution is 1.93. The first kappa shape index (κ1) is 15.3. The molecule has 0 unspecified atom stereocenters. The number of esters is 1. The molecule has 0 atom stereocenters. The van der Waals surface area contributed by atoms with Crippen LogP contribution < -0.4 is 0 Å². The van der Waals surface area contributed by atoms with Crippen LogP contribution in [-0.2, 0) is 23.7 Å². The lowest BCUT2D eigenvalue weighted by atomic mass is 10.3. The fourth-order valence-electron chi connectivity index (χ4n) is 1.02. The Morgan fingerprint density at radius 1 is 1.00 bits per heavy atom. The summed E-state index contributed by atoms with van der Waals surface area (Å²) in [5, 5.41) is 0. The number of hydrogen-bond donors (Lipinski definition) is 0. The number of ether oxygens (including phenoxy) is 4. The molecule has 0 amide bonds. The highest BCUT2D eigenvalue weighted by molar-refractivity contribution is 5.69. The molecular weight excluding hydrogens is 212 g/mol. The second-order valence-electron chi connectivity index (χ2n) is 3.13. The van der Waals surface area contributed by atoms with E-state index in [2.05, 4.69) is 0 Å². The van der Waals surface area contributed by atoms with Crippen LogP contribution in [0.25, 0.3) is 0 Å². The third kappa shape index (κ3) is 11.4. The van der Waals surface area contributed by atoms with Gasteiger partial charge in [-0.05, 0) is 13.3 Å². The van der Waals surface area contributed by atoms with Crippen molar-refractivity contribution in [1.82, 2.24) is 0 Å². The van der Waals surface area contributed by atoms with Crippen molar-refractivity contribution in [2.45, 2.75) is 19.8 Å². The van der Waals surface area contributed by atoms with Crippen LogP contribution in [0.2, 0.25) is 0 Å². The van der Waals surface area contributed by atoms with Gasteiger partial charge in [-0.15, -0.1) is 0 Å². The van der Waals surface area contributed by atoms with Gasteiger partial charge in [0.05, 0.1) is 33.0 Å². The third-order valence-corrected chi connectivity index (χ3v) is 1.78. The molecule has 96 valence electrons. The Labute approximate surface area is 97.0 Å². The Morgan fingerprint density at radius 3 is 2.25 bits per heavy atom. The van der Waals surface area contributed by atoms with Gasteiger partial charge in [0.25, 0.3) is 0 Å². The van der Waals surface area contributed by atoms with Crippen LogP contribution in [0.1, 0.15) is 19.8 Å². The molecule has 0 aliphatic carbocycles. The van der Waals surface area contributed by atoms with Crippen molar-refractivity contribution in [1.29, 1.82) is 0 Å². The molecule has 0 saturated carbocycles. The molecule has 0 saturated heterocycles. The van der Waals surface area contributed by atoms with E-state index in [1.54, 1.807) is 14.0 Å². The van der Waals surface area contributed by atoms with E-state index in [-0.39, 0.29) is 5.97 Å². The first-order valence-corrected chi connectivity index (χ1v) is 5.61. The fraction of sp³-hybridized carbons (Fsp3) is 0.909. The van der Waals surface area contributed by atoms with Gasteiger partial charge in [0.1, 0.15) is 0 Å². The van der Waals surface area contributed by atoms with Crippen molar-refractivity contribution in [2.75, 3.05) is 46.8 Å². The van der Waals surface area contributed by atoms with Crippen LogP contribution in [-0.4, -0.2) is 52.7 Å². The molecule has 0 fully saturated rings.